The molecule has 0 bridgehead atoms. The van der Waals surface area contributed by atoms with E-state index < -0.39 is 12.0 Å². The third-order valence-corrected chi connectivity index (χ3v) is 5.74. The van der Waals surface area contributed by atoms with E-state index in [1.165, 1.54) is 11.3 Å². The van der Waals surface area contributed by atoms with Crippen molar-refractivity contribution in [2.24, 2.45) is 4.99 Å². The van der Waals surface area contributed by atoms with Gasteiger partial charge in [0, 0.05) is 25.8 Å². The second-order valence-corrected chi connectivity index (χ2v) is 7.53. The predicted molar refractivity (Wildman–Crippen MR) is 112 cm³/mol. The minimum absolute atomic E-state index is 0.115. The van der Waals surface area contributed by atoms with Crippen molar-refractivity contribution >= 4 is 27.5 Å². The van der Waals surface area contributed by atoms with E-state index in [-0.39, 0.29) is 6.61 Å². The third-order valence-electron chi connectivity index (χ3n) is 4.70. The van der Waals surface area contributed by atoms with Crippen molar-refractivity contribution in [3.8, 4) is 23.0 Å². The number of ether oxygens (including phenoxy) is 5. The lowest BCUT2D eigenvalue weighted by molar-refractivity contribution is -0.127. The lowest BCUT2D eigenvalue weighted by atomic mass is 10.2. The molecule has 2 aromatic carbocycles. The van der Waals surface area contributed by atoms with E-state index in [9.17, 15) is 4.79 Å². The van der Waals surface area contributed by atoms with Crippen LogP contribution in [0.25, 0.3) is 10.2 Å². The first-order valence-electron chi connectivity index (χ1n) is 9.36. The van der Waals surface area contributed by atoms with Gasteiger partial charge in [-0.25, -0.2) is 0 Å². The minimum atomic E-state index is -0.801. The molecular weight excluding hydrogens is 408 g/mol. The molecule has 30 heavy (non-hydrogen) atoms. The monoisotopic (exact) mass is 430 g/mol. The van der Waals surface area contributed by atoms with Crippen LogP contribution in [-0.4, -0.2) is 51.1 Å². The van der Waals surface area contributed by atoms with Gasteiger partial charge in [-0.15, -0.1) is 0 Å². The zero-order chi connectivity index (χ0) is 21.1. The maximum Gasteiger partial charge on any atom is 0.292 e. The quantitative estimate of drug-likeness (QED) is 0.598. The van der Waals surface area contributed by atoms with E-state index in [0.717, 1.165) is 10.2 Å². The Labute approximate surface area is 177 Å². The van der Waals surface area contributed by atoms with Crippen molar-refractivity contribution in [1.82, 2.24) is 4.57 Å². The molecule has 0 radical (unpaired) electrons. The van der Waals surface area contributed by atoms with Crippen LogP contribution in [0.3, 0.4) is 0 Å². The second-order valence-electron chi connectivity index (χ2n) is 6.52. The van der Waals surface area contributed by atoms with Gasteiger partial charge in [0.1, 0.15) is 6.61 Å². The number of fused-ring (bicyclic) bond motifs is 2. The van der Waals surface area contributed by atoms with Gasteiger partial charge in [0.2, 0.25) is 6.10 Å². The van der Waals surface area contributed by atoms with Gasteiger partial charge in [-0.1, -0.05) is 23.5 Å². The molecule has 0 saturated carbocycles. The number of carbonyl (C=O) groups excluding carboxylic acids is 1. The summed E-state index contributed by atoms with van der Waals surface area (Å²) in [6.07, 6.45) is -0.801. The van der Waals surface area contributed by atoms with Gasteiger partial charge in [0.25, 0.3) is 5.91 Å². The van der Waals surface area contributed by atoms with Gasteiger partial charge in [-0.2, -0.15) is 4.99 Å². The fourth-order valence-electron chi connectivity index (χ4n) is 3.19. The maximum absolute atomic E-state index is 12.9. The highest BCUT2D eigenvalue weighted by Gasteiger charge is 2.27. The van der Waals surface area contributed by atoms with Gasteiger partial charge in [-0.05, 0) is 12.1 Å². The Bertz CT molecular complexity index is 1140. The van der Waals surface area contributed by atoms with Crippen molar-refractivity contribution in [3.63, 3.8) is 0 Å². The average Bonchev–Trinajstić information content (AvgIpc) is 3.11. The molecule has 4 rings (SSSR count). The molecule has 2 heterocycles. The Balaban J connectivity index is 1.73. The molecule has 3 aromatic rings. The zero-order valence-corrected chi connectivity index (χ0v) is 17.7. The molecule has 0 aliphatic carbocycles. The van der Waals surface area contributed by atoms with E-state index in [1.54, 1.807) is 33.5 Å². The molecule has 9 heteroatoms. The molecule has 0 N–H and O–H groups in total. The lowest BCUT2D eigenvalue weighted by Crippen LogP contribution is -2.37. The number of para-hydroxylation sites is 2. The van der Waals surface area contributed by atoms with Gasteiger partial charge >= 0.3 is 0 Å². The first kappa shape index (κ1) is 20.2. The summed E-state index contributed by atoms with van der Waals surface area (Å²) < 4.78 is 30.4. The number of thiazole rings is 1. The largest absolute Gasteiger partial charge is 0.493 e. The Hall–Kier alpha value is -3.04. The van der Waals surface area contributed by atoms with Crippen LogP contribution in [-0.2, 0) is 16.1 Å². The first-order chi connectivity index (χ1) is 14.6. The van der Waals surface area contributed by atoms with E-state index in [4.69, 9.17) is 23.7 Å². The van der Waals surface area contributed by atoms with Crippen molar-refractivity contribution < 1.29 is 28.5 Å². The van der Waals surface area contributed by atoms with Crippen LogP contribution < -0.4 is 23.7 Å². The van der Waals surface area contributed by atoms with Crippen LogP contribution in [0.4, 0.5) is 0 Å². The molecular formula is C21H22N2O6S. The summed E-state index contributed by atoms with van der Waals surface area (Å²) in [5.74, 6) is 1.98. The summed E-state index contributed by atoms with van der Waals surface area (Å²) in [6.45, 7) is 1.12. The number of benzene rings is 2. The summed E-state index contributed by atoms with van der Waals surface area (Å²) in [7, 11) is 4.80. The molecule has 1 amide bonds. The van der Waals surface area contributed by atoms with Crippen molar-refractivity contribution in [2.45, 2.75) is 12.6 Å². The number of hydrogen-bond acceptors (Lipinski definition) is 7. The van der Waals surface area contributed by atoms with Crippen LogP contribution in [0, 0.1) is 0 Å². The maximum atomic E-state index is 12.9. The number of nitrogens with zero attached hydrogens (tertiary/aromatic N) is 2. The predicted octanol–water partition coefficient (Wildman–Crippen LogP) is 2.63. The molecule has 0 spiro atoms. The molecule has 8 nitrogen and oxygen atoms in total. The van der Waals surface area contributed by atoms with E-state index in [0.29, 0.717) is 41.0 Å². The molecule has 1 aliphatic heterocycles. The van der Waals surface area contributed by atoms with Crippen LogP contribution in [0.1, 0.15) is 0 Å². The number of amides is 1. The standard InChI is InChI=1S/C21H22N2O6S/c1-25-9-8-23-13-10-16(26-2)17(27-3)11-19(13)30-21(23)22-20(24)18-12-28-14-6-4-5-7-15(14)29-18/h4-7,10-11,18H,8-9,12H2,1-3H3. The fourth-order valence-corrected chi connectivity index (χ4v) is 4.26. The number of rotatable bonds is 6. The first-order valence-corrected chi connectivity index (χ1v) is 10.2. The molecule has 1 unspecified atom stereocenters. The van der Waals surface area contributed by atoms with Crippen LogP contribution in [0.5, 0.6) is 23.0 Å². The average molecular weight is 430 g/mol. The van der Waals surface area contributed by atoms with E-state index in [1.807, 2.05) is 28.8 Å². The minimum Gasteiger partial charge on any atom is -0.493 e. The van der Waals surface area contributed by atoms with Gasteiger partial charge < -0.3 is 28.3 Å². The molecule has 1 aromatic heterocycles. The highest BCUT2D eigenvalue weighted by atomic mass is 32.1. The molecule has 0 fully saturated rings. The smallest absolute Gasteiger partial charge is 0.292 e. The third kappa shape index (κ3) is 3.86. The number of aromatic nitrogens is 1. The van der Waals surface area contributed by atoms with E-state index in [2.05, 4.69) is 4.99 Å². The Morgan fingerprint density at radius 3 is 2.63 bits per heavy atom. The summed E-state index contributed by atoms with van der Waals surface area (Å²) in [6, 6.07) is 11.0. The Morgan fingerprint density at radius 1 is 1.17 bits per heavy atom. The fraction of sp³-hybridized carbons (Fsp3) is 0.333. The summed E-state index contributed by atoms with van der Waals surface area (Å²) in [5.41, 5.74) is 0.882. The van der Waals surface area contributed by atoms with Gasteiger partial charge in [-0.3, -0.25) is 4.79 Å². The van der Waals surface area contributed by atoms with E-state index >= 15 is 0 Å². The number of methoxy groups -OCH3 is 3. The molecule has 0 saturated heterocycles. The van der Waals surface area contributed by atoms with Crippen molar-refractivity contribution in [1.29, 1.82) is 0 Å². The van der Waals surface area contributed by atoms with Crippen LogP contribution in [0.2, 0.25) is 0 Å². The van der Waals surface area contributed by atoms with Crippen LogP contribution >= 0.6 is 11.3 Å². The molecule has 1 aliphatic rings. The normalized spacial score (nSPS) is 16.0. The second kappa shape index (κ2) is 8.76. The SMILES string of the molecule is COCCn1c(=NC(=O)C2COc3ccccc3O2)sc2cc(OC)c(OC)cc21. The van der Waals surface area contributed by atoms with Crippen LogP contribution in [0.15, 0.2) is 41.4 Å². The topological polar surface area (TPSA) is 80.5 Å². The molecule has 158 valence electrons. The zero-order valence-electron chi connectivity index (χ0n) is 16.9. The van der Waals surface area contributed by atoms with Crippen molar-refractivity contribution in [2.75, 3.05) is 34.5 Å². The summed E-state index contributed by atoms with van der Waals surface area (Å²) >= 11 is 1.39. The highest BCUT2D eigenvalue weighted by molar-refractivity contribution is 7.16. The van der Waals surface area contributed by atoms with Gasteiger partial charge in [0.15, 0.2) is 27.8 Å². The Kier molecular flexibility index (Phi) is 5.91. The molecule has 1 atom stereocenters. The number of hydrogen-bond donors (Lipinski definition) is 0. The highest BCUT2D eigenvalue weighted by Crippen LogP contribution is 2.34. The van der Waals surface area contributed by atoms with Gasteiger partial charge in [0.05, 0.1) is 31.0 Å². The lowest BCUT2D eigenvalue weighted by Gasteiger charge is -2.23. The Morgan fingerprint density at radius 2 is 1.90 bits per heavy atom. The number of carbonyl (C=O) groups is 1. The summed E-state index contributed by atoms with van der Waals surface area (Å²) in [5, 5.41) is 0. The van der Waals surface area contributed by atoms with Crippen molar-refractivity contribution in [3.05, 3.63) is 41.2 Å². The summed E-state index contributed by atoms with van der Waals surface area (Å²) in [4.78, 5) is 17.8.